The lowest BCUT2D eigenvalue weighted by molar-refractivity contribution is -0.129. The molecule has 5 rings (SSSR count). The van der Waals surface area contributed by atoms with E-state index in [0.29, 0.717) is 30.8 Å². The van der Waals surface area contributed by atoms with Crippen LogP contribution in [0.3, 0.4) is 0 Å². The van der Waals surface area contributed by atoms with Crippen LogP contribution in [0.25, 0.3) is 11.0 Å². The predicted molar refractivity (Wildman–Crippen MR) is 119 cm³/mol. The van der Waals surface area contributed by atoms with E-state index in [9.17, 15) is 19.2 Å². The third kappa shape index (κ3) is 4.11. The van der Waals surface area contributed by atoms with Gasteiger partial charge in [0.05, 0.1) is 11.5 Å². The fourth-order valence-corrected chi connectivity index (χ4v) is 4.66. The SMILES string of the molecule is O=C(CC1CC(=O)NC1=O)NCC1CN(C(=O)c2coc3ccccc23)Cc2ccccc21. The molecule has 1 saturated heterocycles. The number of imide groups is 1. The molecule has 1 fully saturated rings. The van der Waals surface area contributed by atoms with Gasteiger partial charge in [0, 0.05) is 43.8 Å². The molecule has 2 unspecified atom stereocenters. The van der Waals surface area contributed by atoms with Crippen molar-refractivity contribution < 1.29 is 23.6 Å². The third-order valence-electron chi connectivity index (χ3n) is 6.34. The van der Waals surface area contributed by atoms with Gasteiger partial charge in [0.25, 0.3) is 5.91 Å². The maximum atomic E-state index is 13.4. The van der Waals surface area contributed by atoms with Gasteiger partial charge >= 0.3 is 0 Å². The standard InChI is InChI=1S/C25H23N3O5/c29-22(9-16-10-23(30)27-24(16)31)26-11-17-13-28(12-15-5-1-2-6-18(15)17)25(32)20-14-33-21-8-4-3-7-19(20)21/h1-8,14,16-17H,9-13H2,(H,26,29)(H,27,30,31). The minimum Gasteiger partial charge on any atom is -0.463 e. The molecule has 2 atom stereocenters. The lowest BCUT2D eigenvalue weighted by Crippen LogP contribution is -2.42. The molecule has 2 aliphatic heterocycles. The number of furan rings is 1. The molecule has 1 aromatic heterocycles. The van der Waals surface area contributed by atoms with Crippen LogP contribution in [0.5, 0.6) is 0 Å². The minimum atomic E-state index is -0.622. The van der Waals surface area contributed by atoms with Crippen molar-refractivity contribution >= 4 is 34.6 Å². The van der Waals surface area contributed by atoms with E-state index in [2.05, 4.69) is 10.6 Å². The van der Waals surface area contributed by atoms with E-state index in [-0.39, 0.29) is 36.5 Å². The molecule has 3 heterocycles. The lowest BCUT2D eigenvalue weighted by atomic mass is 9.89. The average Bonchev–Trinajstić information content (AvgIpc) is 3.39. The smallest absolute Gasteiger partial charge is 0.258 e. The summed E-state index contributed by atoms with van der Waals surface area (Å²) in [7, 11) is 0. The molecule has 0 spiro atoms. The van der Waals surface area contributed by atoms with Gasteiger partial charge < -0.3 is 14.6 Å². The van der Waals surface area contributed by atoms with Crippen molar-refractivity contribution in [1.29, 1.82) is 0 Å². The summed E-state index contributed by atoms with van der Waals surface area (Å²) in [4.78, 5) is 50.7. The zero-order chi connectivity index (χ0) is 22.9. The normalized spacial score (nSPS) is 19.9. The number of benzene rings is 2. The average molecular weight is 445 g/mol. The molecule has 2 aliphatic rings. The van der Waals surface area contributed by atoms with Gasteiger partial charge in [-0.15, -0.1) is 0 Å². The van der Waals surface area contributed by atoms with Gasteiger partial charge in [-0.05, 0) is 17.2 Å². The number of nitrogens with zero attached hydrogens (tertiary/aromatic N) is 1. The first-order valence-corrected chi connectivity index (χ1v) is 10.9. The van der Waals surface area contributed by atoms with Crippen molar-refractivity contribution in [1.82, 2.24) is 15.5 Å². The first-order valence-electron chi connectivity index (χ1n) is 10.9. The zero-order valence-corrected chi connectivity index (χ0v) is 17.9. The van der Waals surface area contributed by atoms with Gasteiger partial charge in [0.15, 0.2) is 0 Å². The number of carbonyl (C=O) groups excluding carboxylic acids is 4. The second kappa shape index (κ2) is 8.54. The first-order chi connectivity index (χ1) is 16.0. The third-order valence-corrected chi connectivity index (χ3v) is 6.34. The number of rotatable bonds is 5. The number of nitrogens with one attached hydrogen (secondary N) is 2. The quantitative estimate of drug-likeness (QED) is 0.586. The van der Waals surface area contributed by atoms with Crippen LogP contribution in [0.4, 0.5) is 0 Å². The lowest BCUT2D eigenvalue weighted by Gasteiger charge is -2.34. The van der Waals surface area contributed by atoms with Crippen molar-refractivity contribution in [3.8, 4) is 0 Å². The number of hydrogen-bond donors (Lipinski definition) is 2. The van der Waals surface area contributed by atoms with Gasteiger partial charge in [0.1, 0.15) is 11.8 Å². The van der Waals surface area contributed by atoms with Gasteiger partial charge in [-0.3, -0.25) is 24.5 Å². The van der Waals surface area contributed by atoms with Crippen LogP contribution < -0.4 is 10.6 Å². The molecule has 2 aromatic carbocycles. The van der Waals surface area contributed by atoms with E-state index in [1.54, 1.807) is 4.90 Å². The number of carbonyl (C=O) groups is 4. The van der Waals surface area contributed by atoms with Gasteiger partial charge in [-0.25, -0.2) is 0 Å². The Kier molecular flexibility index (Phi) is 5.42. The molecular weight excluding hydrogens is 422 g/mol. The molecule has 8 nitrogen and oxygen atoms in total. The minimum absolute atomic E-state index is 0.0321. The Bertz CT molecular complexity index is 1260. The van der Waals surface area contributed by atoms with E-state index in [4.69, 9.17) is 4.42 Å². The van der Waals surface area contributed by atoms with Crippen molar-refractivity contribution in [2.75, 3.05) is 13.1 Å². The Morgan fingerprint density at radius 2 is 1.85 bits per heavy atom. The Balaban J connectivity index is 1.31. The second-order valence-electron chi connectivity index (χ2n) is 8.55. The Hall–Kier alpha value is -3.94. The monoisotopic (exact) mass is 445 g/mol. The second-order valence-corrected chi connectivity index (χ2v) is 8.55. The Labute approximate surface area is 189 Å². The van der Waals surface area contributed by atoms with Crippen LogP contribution >= 0.6 is 0 Å². The van der Waals surface area contributed by atoms with Gasteiger partial charge in [-0.1, -0.05) is 42.5 Å². The van der Waals surface area contributed by atoms with E-state index >= 15 is 0 Å². The van der Waals surface area contributed by atoms with Crippen LogP contribution in [0.2, 0.25) is 0 Å². The van der Waals surface area contributed by atoms with E-state index < -0.39 is 11.8 Å². The van der Waals surface area contributed by atoms with Crippen molar-refractivity contribution in [2.24, 2.45) is 5.92 Å². The topological polar surface area (TPSA) is 109 Å². The van der Waals surface area contributed by atoms with Crippen LogP contribution in [0, 0.1) is 5.92 Å². The van der Waals surface area contributed by atoms with Crippen LogP contribution in [-0.4, -0.2) is 41.6 Å². The number of para-hydroxylation sites is 1. The molecule has 2 N–H and O–H groups in total. The fraction of sp³-hybridized carbons (Fsp3) is 0.280. The largest absolute Gasteiger partial charge is 0.463 e. The molecule has 8 heteroatoms. The predicted octanol–water partition coefficient (Wildman–Crippen LogP) is 2.34. The zero-order valence-electron chi connectivity index (χ0n) is 17.9. The maximum absolute atomic E-state index is 13.4. The highest BCUT2D eigenvalue weighted by Gasteiger charge is 2.33. The highest BCUT2D eigenvalue weighted by molar-refractivity contribution is 6.06. The molecule has 0 aliphatic carbocycles. The van der Waals surface area contributed by atoms with Crippen molar-refractivity contribution in [2.45, 2.75) is 25.3 Å². The summed E-state index contributed by atoms with van der Waals surface area (Å²) < 4.78 is 5.55. The van der Waals surface area contributed by atoms with Crippen molar-refractivity contribution in [3.05, 3.63) is 71.5 Å². The fourth-order valence-electron chi connectivity index (χ4n) is 4.66. The molecule has 33 heavy (non-hydrogen) atoms. The summed E-state index contributed by atoms with van der Waals surface area (Å²) in [5, 5.41) is 5.89. The maximum Gasteiger partial charge on any atom is 0.258 e. The summed E-state index contributed by atoms with van der Waals surface area (Å²) in [6, 6.07) is 15.3. The molecule has 0 radical (unpaired) electrons. The summed E-state index contributed by atoms with van der Waals surface area (Å²) in [6.45, 7) is 1.25. The highest BCUT2D eigenvalue weighted by atomic mass is 16.3. The highest BCUT2D eigenvalue weighted by Crippen LogP contribution is 2.30. The summed E-state index contributed by atoms with van der Waals surface area (Å²) >= 11 is 0. The van der Waals surface area contributed by atoms with E-state index in [1.807, 2.05) is 48.5 Å². The van der Waals surface area contributed by atoms with E-state index in [1.165, 1.54) is 6.26 Å². The molecule has 168 valence electrons. The van der Waals surface area contributed by atoms with Crippen LogP contribution in [-0.2, 0) is 20.9 Å². The molecule has 0 saturated carbocycles. The van der Waals surface area contributed by atoms with E-state index in [0.717, 1.165) is 16.5 Å². The Morgan fingerprint density at radius 3 is 2.67 bits per heavy atom. The first kappa shape index (κ1) is 20.9. The van der Waals surface area contributed by atoms with Crippen LogP contribution in [0.15, 0.2) is 59.2 Å². The summed E-state index contributed by atoms with van der Waals surface area (Å²) in [5.74, 6) is -1.87. The number of amides is 4. The summed E-state index contributed by atoms with van der Waals surface area (Å²) in [6.07, 6.45) is 1.51. The molecular formula is C25H23N3O5. The summed E-state index contributed by atoms with van der Waals surface area (Å²) in [5.41, 5.74) is 3.30. The van der Waals surface area contributed by atoms with Crippen LogP contribution in [0.1, 0.15) is 40.2 Å². The Morgan fingerprint density at radius 1 is 1.06 bits per heavy atom. The van der Waals surface area contributed by atoms with Gasteiger partial charge in [0.2, 0.25) is 17.7 Å². The van der Waals surface area contributed by atoms with Crippen molar-refractivity contribution in [3.63, 3.8) is 0 Å². The molecule has 3 aromatic rings. The van der Waals surface area contributed by atoms with Gasteiger partial charge in [-0.2, -0.15) is 0 Å². The molecule has 4 amide bonds. The molecule has 0 bridgehead atoms. The number of hydrogen-bond acceptors (Lipinski definition) is 5. The number of fused-ring (bicyclic) bond motifs is 2.